The van der Waals surface area contributed by atoms with Gasteiger partial charge >= 0.3 is 11.9 Å². The number of nitrogens with two attached hydrogens (primary N) is 1. The second-order valence-corrected chi connectivity index (χ2v) is 7.39. The van der Waals surface area contributed by atoms with Gasteiger partial charge in [0.1, 0.15) is 5.69 Å². The first kappa shape index (κ1) is 20.6. The fourth-order valence-electron chi connectivity index (χ4n) is 2.46. The zero-order chi connectivity index (χ0) is 20.4. The van der Waals surface area contributed by atoms with E-state index < -0.39 is 37.3 Å². The second kappa shape index (κ2) is 7.53. The summed E-state index contributed by atoms with van der Waals surface area (Å²) in [5, 5.41) is 19.0. The van der Waals surface area contributed by atoms with E-state index in [9.17, 15) is 31.7 Å². The van der Waals surface area contributed by atoms with Crippen molar-refractivity contribution >= 4 is 21.4 Å². The third kappa shape index (κ3) is 4.95. The molecule has 2 aromatic carbocycles. The van der Waals surface area contributed by atoms with Gasteiger partial charge in [0.25, 0.3) is 0 Å². The highest BCUT2D eigenvalue weighted by Gasteiger charge is 2.30. The largest absolute Gasteiger partial charge is 0.416 e. The molecule has 11 heteroatoms. The molecule has 0 heterocycles. The fraction of sp³-hybridized carbons (Fsp3) is 0.250. The predicted octanol–water partition coefficient (Wildman–Crippen LogP) is 3.48. The molecular weight excluding hydrogens is 387 g/mol. The lowest BCUT2D eigenvalue weighted by molar-refractivity contribution is -0.386. The summed E-state index contributed by atoms with van der Waals surface area (Å²) in [6, 6.07) is 8.21. The van der Waals surface area contributed by atoms with Gasteiger partial charge in [-0.1, -0.05) is 25.1 Å². The Morgan fingerprint density at radius 3 is 2.26 bits per heavy atom. The molecule has 0 spiro atoms. The van der Waals surface area contributed by atoms with Gasteiger partial charge in [-0.25, -0.2) is 13.6 Å². The van der Waals surface area contributed by atoms with E-state index in [1.165, 1.54) is 24.3 Å². The van der Waals surface area contributed by atoms with Crippen LogP contribution in [-0.4, -0.2) is 19.9 Å². The van der Waals surface area contributed by atoms with Crippen LogP contribution in [0, 0.1) is 10.1 Å². The minimum Gasteiger partial charge on any atom is -0.379 e. The molecule has 0 radical (unpaired) electrons. The number of hydrogen-bond donors (Lipinski definition) is 2. The predicted molar refractivity (Wildman–Crippen MR) is 92.8 cm³/mol. The SMILES string of the molecule is CC(CNc1cccc(S(N)(=O)=O)c1[N+](=O)[O-])c1ccc(C(F)(F)F)cc1. The third-order valence-corrected chi connectivity index (χ3v) is 4.84. The number of sulfonamides is 1. The number of para-hydroxylation sites is 1. The van der Waals surface area contributed by atoms with E-state index in [4.69, 9.17) is 5.14 Å². The summed E-state index contributed by atoms with van der Waals surface area (Å²) in [4.78, 5) is 9.79. The summed E-state index contributed by atoms with van der Waals surface area (Å²) in [6.45, 7) is 1.84. The number of nitrogens with one attached hydrogen (secondary N) is 1. The highest BCUT2D eigenvalue weighted by atomic mass is 32.2. The number of benzene rings is 2. The molecule has 27 heavy (non-hydrogen) atoms. The van der Waals surface area contributed by atoms with Crippen molar-refractivity contribution < 1.29 is 26.5 Å². The van der Waals surface area contributed by atoms with Crippen molar-refractivity contribution in [1.82, 2.24) is 0 Å². The lowest BCUT2D eigenvalue weighted by Gasteiger charge is -2.16. The first-order chi connectivity index (χ1) is 12.4. The molecule has 2 aromatic rings. The van der Waals surface area contributed by atoms with E-state index in [1.807, 2.05) is 0 Å². The van der Waals surface area contributed by atoms with Crippen LogP contribution in [0.25, 0.3) is 0 Å². The fourth-order valence-corrected chi connectivity index (χ4v) is 3.19. The molecule has 1 atom stereocenters. The van der Waals surface area contributed by atoms with Gasteiger partial charge in [0.15, 0.2) is 4.90 Å². The molecular formula is C16H16F3N3O4S. The standard InChI is InChI=1S/C16H16F3N3O4S/c1-10(11-5-7-12(8-6-11)16(17,18)19)9-21-13-3-2-4-14(27(20,25)26)15(13)22(23)24/h2-8,10,21H,9H2,1H3,(H2,20,25,26). The molecule has 0 aliphatic carbocycles. The molecule has 7 nitrogen and oxygen atoms in total. The number of anilines is 1. The Kier molecular flexibility index (Phi) is 5.76. The molecule has 0 aliphatic rings. The second-order valence-electron chi connectivity index (χ2n) is 5.86. The maximum absolute atomic E-state index is 12.6. The molecule has 146 valence electrons. The van der Waals surface area contributed by atoms with Crippen molar-refractivity contribution in [2.45, 2.75) is 23.9 Å². The first-order valence-corrected chi connectivity index (χ1v) is 9.17. The Balaban J connectivity index is 2.22. The van der Waals surface area contributed by atoms with E-state index in [0.29, 0.717) is 5.56 Å². The van der Waals surface area contributed by atoms with E-state index in [1.54, 1.807) is 6.92 Å². The summed E-state index contributed by atoms with van der Waals surface area (Å²) in [6.07, 6.45) is -4.44. The summed E-state index contributed by atoms with van der Waals surface area (Å²) in [5.74, 6) is -0.301. The van der Waals surface area contributed by atoms with E-state index in [0.717, 1.165) is 18.2 Å². The normalized spacial score (nSPS) is 13.2. The lowest BCUT2D eigenvalue weighted by atomic mass is 9.99. The first-order valence-electron chi connectivity index (χ1n) is 7.62. The van der Waals surface area contributed by atoms with Gasteiger partial charge in [0.05, 0.1) is 10.5 Å². The zero-order valence-corrected chi connectivity index (χ0v) is 14.8. The Hall–Kier alpha value is -2.66. The van der Waals surface area contributed by atoms with E-state index >= 15 is 0 Å². The highest BCUT2D eigenvalue weighted by molar-refractivity contribution is 7.89. The Labute approximate surface area is 153 Å². The number of rotatable bonds is 6. The maximum Gasteiger partial charge on any atom is 0.416 e. The molecule has 3 N–H and O–H groups in total. The van der Waals surface area contributed by atoms with Gasteiger partial charge < -0.3 is 5.32 Å². The van der Waals surface area contributed by atoms with E-state index in [2.05, 4.69) is 5.32 Å². The van der Waals surface area contributed by atoms with Crippen LogP contribution in [0.4, 0.5) is 24.5 Å². The van der Waals surface area contributed by atoms with Crippen molar-refractivity contribution in [2.24, 2.45) is 5.14 Å². The maximum atomic E-state index is 12.6. The molecule has 0 amide bonds. The van der Waals surface area contributed by atoms with Crippen molar-refractivity contribution in [2.75, 3.05) is 11.9 Å². The van der Waals surface area contributed by atoms with Gasteiger partial charge in [-0.15, -0.1) is 0 Å². The number of hydrogen-bond acceptors (Lipinski definition) is 5. The van der Waals surface area contributed by atoms with Crippen LogP contribution in [0.15, 0.2) is 47.4 Å². The van der Waals surface area contributed by atoms with Crippen LogP contribution in [-0.2, 0) is 16.2 Å². The number of alkyl halides is 3. The number of nitro benzene ring substituents is 1. The lowest BCUT2D eigenvalue weighted by Crippen LogP contribution is -2.16. The molecule has 2 rings (SSSR count). The number of halogens is 3. The Bertz CT molecular complexity index is 944. The Morgan fingerprint density at radius 2 is 1.78 bits per heavy atom. The van der Waals surface area contributed by atoms with Gasteiger partial charge in [-0.3, -0.25) is 10.1 Å². The van der Waals surface area contributed by atoms with Gasteiger partial charge in [0, 0.05) is 6.54 Å². The van der Waals surface area contributed by atoms with Crippen LogP contribution in [0.2, 0.25) is 0 Å². The van der Waals surface area contributed by atoms with Crippen molar-refractivity contribution in [1.29, 1.82) is 0 Å². The molecule has 0 bridgehead atoms. The summed E-state index contributed by atoms with van der Waals surface area (Å²) < 4.78 is 60.9. The summed E-state index contributed by atoms with van der Waals surface area (Å²) in [5.41, 5.74) is -0.923. The average molecular weight is 403 g/mol. The third-order valence-electron chi connectivity index (χ3n) is 3.89. The molecule has 0 saturated carbocycles. The average Bonchev–Trinajstić information content (AvgIpc) is 2.57. The number of nitro groups is 1. The van der Waals surface area contributed by atoms with Crippen molar-refractivity contribution in [3.8, 4) is 0 Å². The minimum absolute atomic E-state index is 0.0507. The monoisotopic (exact) mass is 403 g/mol. The van der Waals surface area contributed by atoms with Crippen LogP contribution in [0.1, 0.15) is 24.0 Å². The molecule has 0 aliphatic heterocycles. The van der Waals surface area contributed by atoms with Crippen molar-refractivity contribution in [3.05, 3.63) is 63.7 Å². The molecule has 0 saturated heterocycles. The van der Waals surface area contributed by atoms with Crippen molar-refractivity contribution in [3.63, 3.8) is 0 Å². The Morgan fingerprint density at radius 1 is 1.19 bits per heavy atom. The zero-order valence-electron chi connectivity index (χ0n) is 14.0. The van der Waals surface area contributed by atoms with Gasteiger partial charge in [-0.05, 0) is 35.7 Å². The molecule has 1 unspecified atom stereocenters. The topological polar surface area (TPSA) is 115 Å². The summed E-state index contributed by atoms with van der Waals surface area (Å²) in [7, 11) is -4.30. The number of nitrogens with zero attached hydrogens (tertiary/aromatic N) is 1. The highest BCUT2D eigenvalue weighted by Crippen LogP contribution is 2.33. The van der Waals surface area contributed by atoms with Gasteiger partial charge in [-0.2, -0.15) is 13.2 Å². The van der Waals surface area contributed by atoms with Crippen LogP contribution in [0.3, 0.4) is 0 Å². The van der Waals surface area contributed by atoms with Crippen LogP contribution in [0.5, 0.6) is 0 Å². The smallest absolute Gasteiger partial charge is 0.379 e. The minimum atomic E-state index is -4.44. The number of primary sulfonamides is 1. The molecule has 0 fully saturated rings. The van der Waals surface area contributed by atoms with E-state index in [-0.39, 0.29) is 18.2 Å². The van der Waals surface area contributed by atoms with Crippen LogP contribution < -0.4 is 10.5 Å². The quantitative estimate of drug-likeness (QED) is 0.566. The van der Waals surface area contributed by atoms with Gasteiger partial charge in [0.2, 0.25) is 10.0 Å². The summed E-state index contributed by atoms with van der Waals surface area (Å²) >= 11 is 0. The van der Waals surface area contributed by atoms with Crippen LogP contribution >= 0.6 is 0 Å². The molecule has 0 aromatic heterocycles.